The first-order valence-electron chi connectivity index (χ1n) is 6.19. The summed E-state index contributed by atoms with van der Waals surface area (Å²) in [6.45, 7) is 4.65. The molecule has 2 aliphatic carbocycles. The van der Waals surface area contributed by atoms with Crippen molar-refractivity contribution in [3.8, 4) is 0 Å². The largest absolute Gasteiger partial charge is 0.303 e. The van der Waals surface area contributed by atoms with Gasteiger partial charge in [-0.3, -0.25) is 0 Å². The molecular formula is C13H22O. The van der Waals surface area contributed by atoms with E-state index in [4.69, 9.17) is 0 Å². The minimum absolute atomic E-state index is 0.372. The molecule has 1 nitrogen and oxygen atoms in total. The Morgan fingerprint density at radius 2 is 1.64 bits per heavy atom. The van der Waals surface area contributed by atoms with Crippen LogP contribution in [0.25, 0.3) is 0 Å². The highest BCUT2D eigenvalue weighted by Crippen LogP contribution is 2.48. The van der Waals surface area contributed by atoms with Gasteiger partial charge in [0.15, 0.2) is 0 Å². The zero-order chi connectivity index (χ0) is 10.1. The second-order valence-corrected chi connectivity index (χ2v) is 5.52. The van der Waals surface area contributed by atoms with E-state index in [1.54, 1.807) is 0 Å². The van der Waals surface area contributed by atoms with E-state index in [2.05, 4.69) is 13.8 Å². The minimum Gasteiger partial charge on any atom is -0.303 e. The van der Waals surface area contributed by atoms with Crippen LogP contribution in [0.2, 0.25) is 0 Å². The summed E-state index contributed by atoms with van der Waals surface area (Å²) in [5, 5.41) is 0. The summed E-state index contributed by atoms with van der Waals surface area (Å²) in [5.74, 6) is 3.43. The number of hydrogen-bond acceptors (Lipinski definition) is 1. The van der Waals surface area contributed by atoms with E-state index in [1.807, 2.05) is 0 Å². The van der Waals surface area contributed by atoms with Crippen molar-refractivity contribution in [2.45, 2.75) is 46.0 Å². The highest BCUT2D eigenvalue weighted by Gasteiger charge is 2.41. The molecule has 5 atom stereocenters. The van der Waals surface area contributed by atoms with Crippen molar-refractivity contribution in [3.05, 3.63) is 0 Å². The average molecular weight is 194 g/mol. The molecule has 0 N–H and O–H groups in total. The van der Waals surface area contributed by atoms with Gasteiger partial charge in [0.1, 0.15) is 6.29 Å². The average Bonchev–Trinajstić information content (AvgIpc) is 2.18. The lowest BCUT2D eigenvalue weighted by molar-refractivity contribution is -0.118. The van der Waals surface area contributed by atoms with Crippen molar-refractivity contribution in [2.75, 3.05) is 0 Å². The van der Waals surface area contributed by atoms with Crippen LogP contribution >= 0.6 is 0 Å². The monoisotopic (exact) mass is 194 g/mol. The number of fused-ring (bicyclic) bond motifs is 1. The van der Waals surface area contributed by atoms with Crippen LogP contribution in [0, 0.1) is 29.6 Å². The third kappa shape index (κ3) is 1.62. The molecule has 5 unspecified atom stereocenters. The van der Waals surface area contributed by atoms with Crippen LogP contribution in [0.1, 0.15) is 46.0 Å². The molecule has 2 saturated carbocycles. The van der Waals surface area contributed by atoms with E-state index in [1.165, 1.54) is 38.4 Å². The van der Waals surface area contributed by atoms with Gasteiger partial charge in [0.05, 0.1) is 0 Å². The zero-order valence-corrected chi connectivity index (χ0v) is 9.41. The molecule has 0 bridgehead atoms. The van der Waals surface area contributed by atoms with Gasteiger partial charge in [-0.1, -0.05) is 26.7 Å². The Balaban J connectivity index is 2.15. The van der Waals surface area contributed by atoms with Crippen molar-refractivity contribution in [1.29, 1.82) is 0 Å². The first-order valence-corrected chi connectivity index (χ1v) is 6.19. The molecular weight excluding hydrogens is 172 g/mol. The molecule has 0 amide bonds. The van der Waals surface area contributed by atoms with Crippen LogP contribution < -0.4 is 0 Å². The summed E-state index contributed by atoms with van der Waals surface area (Å²) >= 11 is 0. The minimum atomic E-state index is 0.372. The van der Waals surface area contributed by atoms with Crippen LogP contribution in [-0.2, 0) is 4.79 Å². The summed E-state index contributed by atoms with van der Waals surface area (Å²) in [4.78, 5) is 11.1. The standard InChI is InChI=1S/C13H22O/c1-9-7-10(2)13(8-14)12-6-4-3-5-11(9)12/h8-13H,3-7H2,1-2H3. The quantitative estimate of drug-likeness (QED) is 0.585. The molecule has 2 rings (SSSR count). The molecule has 1 heteroatoms. The van der Waals surface area contributed by atoms with Crippen LogP contribution in [0.3, 0.4) is 0 Å². The maximum absolute atomic E-state index is 11.1. The maximum Gasteiger partial charge on any atom is 0.123 e. The molecule has 0 radical (unpaired) electrons. The first kappa shape index (κ1) is 10.2. The number of aldehydes is 1. The smallest absolute Gasteiger partial charge is 0.123 e. The van der Waals surface area contributed by atoms with Crippen molar-refractivity contribution in [2.24, 2.45) is 29.6 Å². The highest BCUT2D eigenvalue weighted by molar-refractivity contribution is 5.55. The van der Waals surface area contributed by atoms with Crippen molar-refractivity contribution >= 4 is 6.29 Å². The Morgan fingerprint density at radius 1 is 1.00 bits per heavy atom. The predicted octanol–water partition coefficient (Wildman–Crippen LogP) is 3.28. The lowest BCUT2D eigenvalue weighted by Gasteiger charge is -2.46. The summed E-state index contributed by atoms with van der Waals surface area (Å²) in [7, 11) is 0. The van der Waals surface area contributed by atoms with Gasteiger partial charge >= 0.3 is 0 Å². The van der Waals surface area contributed by atoms with E-state index in [0.29, 0.717) is 11.8 Å². The first-order chi connectivity index (χ1) is 6.74. The Morgan fingerprint density at radius 3 is 2.29 bits per heavy atom. The molecule has 0 aromatic carbocycles. The van der Waals surface area contributed by atoms with Crippen molar-refractivity contribution in [3.63, 3.8) is 0 Å². The molecule has 0 aromatic heterocycles. The van der Waals surface area contributed by atoms with Gasteiger partial charge in [0.2, 0.25) is 0 Å². The van der Waals surface area contributed by atoms with Crippen LogP contribution in [-0.4, -0.2) is 6.29 Å². The molecule has 0 aliphatic heterocycles. The van der Waals surface area contributed by atoms with E-state index in [-0.39, 0.29) is 0 Å². The van der Waals surface area contributed by atoms with Gasteiger partial charge in [-0.05, 0) is 42.9 Å². The summed E-state index contributed by atoms with van der Waals surface area (Å²) in [6.07, 6.45) is 7.95. The fourth-order valence-electron chi connectivity index (χ4n) is 3.95. The number of hydrogen-bond donors (Lipinski definition) is 0. The number of carbonyl (C=O) groups excluding carboxylic acids is 1. The molecule has 0 spiro atoms. The second kappa shape index (κ2) is 4.04. The molecule has 0 heterocycles. The number of carbonyl (C=O) groups is 1. The SMILES string of the molecule is CC1CC(C)C2CCCCC2C1C=O. The van der Waals surface area contributed by atoms with Crippen molar-refractivity contribution in [1.82, 2.24) is 0 Å². The van der Waals surface area contributed by atoms with Crippen LogP contribution in [0.15, 0.2) is 0 Å². The van der Waals surface area contributed by atoms with Gasteiger partial charge in [-0.2, -0.15) is 0 Å². The van der Waals surface area contributed by atoms with E-state index < -0.39 is 0 Å². The fraction of sp³-hybridized carbons (Fsp3) is 0.923. The molecule has 14 heavy (non-hydrogen) atoms. The Hall–Kier alpha value is -0.330. The van der Waals surface area contributed by atoms with Gasteiger partial charge < -0.3 is 4.79 Å². The van der Waals surface area contributed by atoms with E-state index >= 15 is 0 Å². The van der Waals surface area contributed by atoms with Gasteiger partial charge in [-0.25, -0.2) is 0 Å². The van der Waals surface area contributed by atoms with Crippen LogP contribution in [0.5, 0.6) is 0 Å². The summed E-state index contributed by atoms with van der Waals surface area (Å²) in [6, 6.07) is 0. The maximum atomic E-state index is 11.1. The van der Waals surface area contributed by atoms with Crippen molar-refractivity contribution < 1.29 is 4.79 Å². The summed E-state index contributed by atoms with van der Waals surface area (Å²) < 4.78 is 0. The molecule has 2 aliphatic rings. The number of rotatable bonds is 1. The fourth-order valence-corrected chi connectivity index (χ4v) is 3.95. The highest BCUT2D eigenvalue weighted by atomic mass is 16.1. The second-order valence-electron chi connectivity index (χ2n) is 5.52. The lowest BCUT2D eigenvalue weighted by Crippen LogP contribution is -2.40. The molecule has 0 aromatic rings. The molecule has 0 saturated heterocycles. The Bertz CT molecular complexity index is 211. The Kier molecular flexibility index (Phi) is 2.94. The molecule has 2 fully saturated rings. The zero-order valence-electron chi connectivity index (χ0n) is 9.41. The summed E-state index contributed by atoms with van der Waals surface area (Å²) in [5.41, 5.74) is 0. The van der Waals surface area contributed by atoms with Gasteiger partial charge in [0.25, 0.3) is 0 Å². The Labute approximate surface area is 87.3 Å². The normalized spacial score (nSPS) is 48.3. The third-order valence-electron chi connectivity index (χ3n) is 4.66. The van der Waals surface area contributed by atoms with E-state index in [0.717, 1.165) is 17.8 Å². The van der Waals surface area contributed by atoms with E-state index in [9.17, 15) is 4.79 Å². The molecule has 80 valence electrons. The van der Waals surface area contributed by atoms with Crippen LogP contribution in [0.4, 0.5) is 0 Å². The lowest BCUT2D eigenvalue weighted by atomic mass is 9.58. The third-order valence-corrected chi connectivity index (χ3v) is 4.66. The van der Waals surface area contributed by atoms with Gasteiger partial charge in [0, 0.05) is 5.92 Å². The topological polar surface area (TPSA) is 17.1 Å². The van der Waals surface area contributed by atoms with Gasteiger partial charge in [-0.15, -0.1) is 0 Å². The predicted molar refractivity (Wildman–Crippen MR) is 57.9 cm³/mol.